The van der Waals surface area contributed by atoms with Crippen molar-refractivity contribution in [3.63, 3.8) is 0 Å². The lowest BCUT2D eigenvalue weighted by Crippen LogP contribution is -2.15. The quantitative estimate of drug-likeness (QED) is 0.659. The van der Waals surface area contributed by atoms with Crippen molar-refractivity contribution >= 4 is 21.4 Å². The van der Waals surface area contributed by atoms with Gasteiger partial charge in [-0.2, -0.15) is 0 Å². The molecule has 0 amide bonds. The van der Waals surface area contributed by atoms with Gasteiger partial charge in [-0.25, -0.2) is 8.42 Å². The van der Waals surface area contributed by atoms with Crippen LogP contribution in [0.1, 0.15) is 16.7 Å². The highest BCUT2D eigenvalue weighted by Crippen LogP contribution is 2.31. The molecule has 0 aromatic heterocycles. The van der Waals surface area contributed by atoms with Crippen LogP contribution in [-0.4, -0.2) is 20.5 Å². The highest BCUT2D eigenvalue weighted by Gasteiger charge is 2.23. The van der Waals surface area contributed by atoms with Crippen molar-refractivity contribution in [3.8, 4) is 5.75 Å². The van der Waals surface area contributed by atoms with Crippen molar-refractivity contribution in [3.05, 3.63) is 57.1 Å². The van der Waals surface area contributed by atoms with E-state index < -0.39 is 20.6 Å². The first kappa shape index (κ1) is 17.7. The SMILES string of the molecule is COc1ccc(S(=O)(=O)Nc2c(C)cc(C)cc2C)cc1[N+](=O)[O-]. The Balaban J connectivity index is 2.49. The molecule has 1 N–H and O–H groups in total. The number of hydrogen-bond donors (Lipinski definition) is 1. The zero-order valence-electron chi connectivity index (χ0n) is 13.8. The lowest BCUT2D eigenvalue weighted by molar-refractivity contribution is -0.386. The van der Waals surface area contributed by atoms with Crippen LogP contribution in [0.25, 0.3) is 0 Å². The van der Waals surface area contributed by atoms with E-state index in [0.717, 1.165) is 22.8 Å². The maximum Gasteiger partial charge on any atom is 0.312 e. The van der Waals surface area contributed by atoms with E-state index in [2.05, 4.69) is 4.72 Å². The number of nitro benzene ring substituents is 1. The van der Waals surface area contributed by atoms with Gasteiger partial charge in [0.2, 0.25) is 0 Å². The number of nitro groups is 1. The molecule has 0 heterocycles. The zero-order valence-corrected chi connectivity index (χ0v) is 14.6. The molecule has 24 heavy (non-hydrogen) atoms. The number of nitrogens with zero attached hydrogens (tertiary/aromatic N) is 1. The summed E-state index contributed by atoms with van der Waals surface area (Å²) in [5, 5.41) is 11.1. The van der Waals surface area contributed by atoms with Gasteiger partial charge in [0.15, 0.2) is 5.75 Å². The molecule has 8 heteroatoms. The third-order valence-corrected chi connectivity index (χ3v) is 4.92. The second kappa shape index (κ2) is 6.48. The Kier molecular flexibility index (Phi) is 4.79. The molecule has 0 unspecified atom stereocenters. The minimum atomic E-state index is -3.96. The molecule has 0 fully saturated rings. The molecule has 0 spiro atoms. The lowest BCUT2D eigenvalue weighted by atomic mass is 10.1. The fourth-order valence-corrected chi connectivity index (χ4v) is 3.74. The summed E-state index contributed by atoms with van der Waals surface area (Å²) in [4.78, 5) is 10.2. The van der Waals surface area contributed by atoms with Crippen LogP contribution in [0.3, 0.4) is 0 Å². The van der Waals surface area contributed by atoms with E-state index >= 15 is 0 Å². The zero-order chi connectivity index (χ0) is 18.1. The second-order valence-corrected chi connectivity index (χ2v) is 7.15. The number of nitrogens with one attached hydrogen (secondary N) is 1. The topological polar surface area (TPSA) is 98.5 Å². The molecule has 0 saturated heterocycles. The fourth-order valence-electron chi connectivity index (χ4n) is 2.51. The van der Waals surface area contributed by atoms with Gasteiger partial charge >= 0.3 is 5.69 Å². The molecule has 0 aliphatic rings. The van der Waals surface area contributed by atoms with Crippen molar-refractivity contribution < 1.29 is 18.1 Å². The normalized spacial score (nSPS) is 11.2. The van der Waals surface area contributed by atoms with Crippen molar-refractivity contribution in [2.75, 3.05) is 11.8 Å². The molecule has 0 aliphatic heterocycles. The number of ether oxygens (including phenoxy) is 1. The van der Waals surface area contributed by atoms with Gasteiger partial charge in [-0.15, -0.1) is 0 Å². The van der Waals surface area contributed by atoms with Crippen LogP contribution < -0.4 is 9.46 Å². The first-order valence-corrected chi connectivity index (χ1v) is 8.57. The number of methoxy groups -OCH3 is 1. The summed E-state index contributed by atoms with van der Waals surface area (Å²) in [5.41, 5.74) is 2.64. The van der Waals surface area contributed by atoms with E-state index in [-0.39, 0.29) is 10.6 Å². The Hall–Kier alpha value is -2.61. The summed E-state index contributed by atoms with van der Waals surface area (Å²) >= 11 is 0. The van der Waals surface area contributed by atoms with Crippen LogP contribution in [-0.2, 0) is 10.0 Å². The van der Waals surface area contributed by atoms with E-state index in [1.54, 1.807) is 13.8 Å². The van der Waals surface area contributed by atoms with Gasteiger partial charge in [0.1, 0.15) is 0 Å². The van der Waals surface area contributed by atoms with Crippen LogP contribution in [0.5, 0.6) is 5.75 Å². The van der Waals surface area contributed by atoms with Crippen LogP contribution in [0, 0.1) is 30.9 Å². The average Bonchev–Trinajstić information content (AvgIpc) is 2.50. The van der Waals surface area contributed by atoms with Gasteiger partial charge in [-0.1, -0.05) is 17.7 Å². The maximum atomic E-state index is 12.6. The summed E-state index contributed by atoms with van der Waals surface area (Å²) in [6, 6.07) is 7.25. The van der Waals surface area contributed by atoms with E-state index in [4.69, 9.17) is 4.74 Å². The Morgan fingerprint density at radius 1 is 1.08 bits per heavy atom. The van der Waals surface area contributed by atoms with Gasteiger partial charge in [0, 0.05) is 6.07 Å². The van der Waals surface area contributed by atoms with Gasteiger partial charge < -0.3 is 4.74 Å². The number of aryl methyl sites for hydroxylation is 3. The van der Waals surface area contributed by atoms with Crippen LogP contribution in [0.15, 0.2) is 35.2 Å². The smallest absolute Gasteiger partial charge is 0.312 e. The molecule has 7 nitrogen and oxygen atoms in total. The molecule has 2 aromatic rings. The highest BCUT2D eigenvalue weighted by atomic mass is 32.2. The lowest BCUT2D eigenvalue weighted by Gasteiger charge is -2.14. The molecular formula is C16H18N2O5S. The molecule has 2 aromatic carbocycles. The van der Waals surface area contributed by atoms with E-state index in [1.807, 2.05) is 19.1 Å². The first-order chi connectivity index (χ1) is 11.2. The molecule has 0 atom stereocenters. The Morgan fingerprint density at radius 3 is 2.17 bits per heavy atom. The number of sulfonamides is 1. The van der Waals surface area contributed by atoms with Crippen molar-refractivity contribution in [2.24, 2.45) is 0 Å². The number of anilines is 1. The molecule has 2 rings (SSSR count). The molecule has 128 valence electrons. The van der Waals surface area contributed by atoms with Crippen LogP contribution in [0.4, 0.5) is 11.4 Å². The summed E-state index contributed by atoms with van der Waals surface area (Å²) in [6.07, 6.45) is 0. The average molecular weight is 350 g/mol. The van der Waals surface area contributed by atoms with Crippen LogP contribution >= 0.6 is 0 Å². The Labute approximate surface area is 140 Å². The highest BCUT2D eigenvalue weighted by molar-refractivity contribution is 7.92. The fraction of sp³-hybridized carbons (Fsp3) is 0.250. The maximum absolute atomic E-state index is 12.6. The number of benzene rings is 2. The van der Waals surface area contributed by atoms with E-state index in [0.29, 0.717) is 5.69 Å². The Morgan fingerprint density at radius 2 is 1.67 bits per heavy atom. The van der Waals surface area contributed by atoms with Crippen molar-refractivity contribution in [1.82, 2.24) is 0 Å². The van der Waals surface area contributed by atoms with Crippen molar-refractivity contribution in [2.45, 2.75) is 25.7 Å². The summed E-state index contributed by atoms with van der Waals surface area (Å²) in [6.45, 7) is 5.52. The van der Waals surface area contributed by atoms with Crippen molar-refractivity contribution in [1.29, 1.82) is 0 Å². The molecule has 0 bridgehead atoms. The minimum Gasteiger partial charge on any atom is -0.490 e. The summed E-state index contributed by atoms with van der Waals surface area (Å²) in [7, 11) is -2.68. The Bertz CT molecular complexity index is 884. The third-order valence-electron chi connectivity index (χ3n) is 3.57. The predicted molar refractivity (Wildman–Crippen MR) is 91.1 cm³/mol. The molecular weight excluding hydrogens is 332 g/mol. The van der Waals surface area contributed by atoms with Crippen LogP contribution in [0.2, 0.25) is 0 Å². The number of rotatable bonds is 5. The molecule has 0 saturated carbocycles. The second-order valence-electron chi connectivity index (χ2n) is 5.47. The minimum absolute atomic E-state index is 0.00153. The first-order valence-electron chi connectivity index (χ1n) is 7.09. The van der Waals surface area contributed by atoms with Gasteiger partial charge in [0.25, 0.3) is 10.0 Å². The van der Waals surface area contributed by atoms with Gasteiger partial charge in [-0.05, 0) is 44.0 Å². The number of hydrogen-bond acceptors (Lipinski definition) is 5. The summed E-state index contributed by atoms with van der Waals surface area (Å²) in [5.74, 6) is 0.00153. The van der Waals surface area contributed by atoms with Gasteiger partial charge in [0.05, 0.1) is 22.6 Å². The summed E-state index contributed by atoms with van der Waals surface area (Å²) < 4.78 is 32.6. The van der Waals surface area contributed by atoms with E-state index in [9.17, 15) is 18.5 Å². The molecule has 0 radical (unpaired) electrons. The largest absolute Gasteiger partial charge is 0.490 e. The third kappa shape index (κ3) is 3.48. The van der Waals surface area contributed by atoms with Gasteiger partial charge in [-0.3, -0.25) is 14.8 Å². The monoisotopic (exact) mass is 350 g/mol. The molecule has 0 aliphatic carbocycles. The standard InChI is InChI=1S/C16H18N2O5S/c1-10-7-11(2)16(12(3)8-10)17-24(21,22)13-5-6-15(23-4)14(9-13)18(19)20/h5-9,17H,1-4H3. The van der Waals surface area contributed by atoms with E-state index in [1.165, 1.54) is 19.2 Å². The predicted octanol–water partition coefficient (Wildman–Crippen LogP) is 3.33.